The second kappa shape index (κ2) is 7.90. The van der Waals surface area contributed by atoms with Gasteiger partial charge >= 0.3 is 5.97 Å². The first-order chi connectivity index (χ1) is 10.2. The number of carbonyl (C=O) groups is 1. The zero-order chi connectivity index (χ0) is 15.2. The van der Waals surface area contributed by atoms with Gasteiger partial charge in [-0.2, -0.15) is 0 Å². The maximum absolute atomic E-state index is 11.3. The summed E-state index contributed by atoms with van der Waals surface area (Å²) in [7, 11) is 0. The third kappa shape index (κ3) is 4.27. The molecule has 21 heavy (non-hydrogen) atoms. The van der Waals surface area contributed by atoms with E-state index < -0.39 is 5.97 Å². The third-order valence-electron chi connectivity index (χ3n) is 4.26. The van der Waals surface area contributed by atoms with E-state index in [0.717, 1.165) is 36.5 Å². The Balaban J connectivity index is 1.99. The van der Waals surface area contributed by atoms with Gasteiger partial charge in [0.1, 0.15) is 4.88 Å². The normalized spacial score (nSPS) is 19.8. The standard InChI is InChI=1S/C16H26N2O2S/c1-3-7-13-15(16(19)20)21-14(17-13)9-11-18-10-6-5-8-12(18)4-2/h12H,3-11H2,1-2H3,(H,19,20). The molecule has 0 radical (unpaired) electrons. The highest BCUT2D eigenvalue weighted by Crippen LogP contribution is 2.23. The molecule has 5 heteroatoms. The van der Waals surface area contributed by atoms with Crippen LogP contribution in [0.15, 0.2) is 0 Å². The van der Waals surface area contributed by atoms with E-state index in [4.69, 9.17) is 0 Å². The maximum Gasteiger partial charge on any atom is 0.347 e. The highest BCUT2D eigenvalue weighted by Gasteiger charge is 2.22. The lowest BCUT2D eigenvalue weighted by Gasteiger charge is -2.34. The van der Waals surface area contributed by atoms with Crippen molar-refractivity contribution >= 4 is 17.3 Å². The van der Waals surface area contributed by atoms with E-state index in [9.17, 15) is 9.90 Å². The lowest BCUT2D eigenvalue weighted by atomic mass is 10.00. The van der Waals surface area contributed by atoms with Crippen LogP contribution < -0.4 is 0 Å². The fourth-order valence-electron chi connectivity index (χ4n) is 3.14. The predicted molar refractivity (Wildman–Crippen MR) is 86.3 cm³/mol. The molecular weight excluding hydrogens is 284 g/mol. The number of carboxylic acids is 1. The van der Waals surface area contributed by atoms with Crippen molar-refractivity contribution in [1.29, 1.82) is 0 Å². The number of aryl methyl sites for hydroxylation is 1. The van der Waals surface area contributed by atoms with Gasteiger partial charge in [0.15, 0.2) is 0 Å². The van der Waals surface area contributed by atoms with Gasteiger partial charge in [-0.1, -0.05) is 26.7 Å². The number of carboxylic acid groups (broad SMARTS) is 1. The summed E-state index contributed by atoms with van der Waals surface area (Å²) >= 11 is 1.37. The molecule has 1 aliphatic rings. The number of nitrogens with zero attached hydrogens (tertiary/aromatic N) is 2. The fourth-order valence-corrected chi connectivity index (χ4v) is 4.07. The van der Waals surface area contributed by atoms with Gasteiger partial charge < -0.3 is 5.11 Å². The molecule has 1 aromatic rings. The highest BCUT2D eigenvalue weighted by molar-refractivity contribution is 7.13. The summed E-state index contributed by atoms with van der Waals surface area (Å²) in [5.74, 6) is -0.827. The van der Waals surface area contributed by atoms with E-state index in [1.54, 1.807) is 0 Å². The molecule has 0 aromatic carbocycles. The van der Waals surface area contributed by atoms with Crippen LogP contribution >= 0.6 is 11.3 Å². The van der Waals surface area contributed by atoms with Gasteiger partial charge in [-0.05, 0) is 32.2 Å². The van der Waals surface area contributed by atoms with E-state index in [1.807, 2.05) is 0 Å². The molecule has 1 fully saturated rings. The van der Waals surface area contributed by atoms with Gasteiger partial charge in [0.05, 0.1) is 10.7 Å². The molecule has 0 saturated carbocycles. The summed E-state index contributed by atoms with van der Waals surface area (Å²) in [6.45, 7) is 6.51. The van der Waals surface area contributed by atoms with Crippen LogP contribution in [0.2, 0.25) is 0 Å². The van der Waals surface area contributed by atoms with E-state index in [0.29, 0.717) is 10.9 Å². The van der Waals surface area contributed by atoms with Crippen LogP contribution in [0.1, 0.15) is 66.3 Å². The third-order valence-corrected chi connectivity index (χ3v) is 5.40. The zero-order valence-electron chi connectivity index (χ0n) is 13.1. The minimum Gasteiger partial charge on any atom is -0.477 e. The van der Waals surface area contributed by atoms with Crippen LogP contribution in [0.5, 0.6) is 0 Å². The summed E-state index contributed by atoms with van der Waals surface area (Å²) in [5, 5.41) is 10.2. The van der Waals surface area contributed by atoms with Crippen LogP contribution in [0.3, 0.4) is 0 Å². The molecule has 1 unspecified atom stereocenters. The first-order valence-electron chi connectivity index (χ1n) is 8.11. The van der Waals surface area contributed by atoms with Crippen molar-refractivity contribution in [3.63, 3.8) is 0 Å². The van der Waals surface area contributed by atoms with Gasteiger partial charge in [0.2, 0.25) is 0 Å². The molecule has 1 atom stereocenters. The smallest absolute Gasteiger partial charge is 0.347 e. The van der Waals surface area contributed by atoms with Crippen molar-refractivity contribution < 1.29 is 9.90 Å². The molecule has 0 amide bonds. The molecular formula is C16H26N2O2S. The number of rotatable bonds is 7. The molecule has 1 N–H and O–H groups in total. The molecule has 1 aromatic heterocycles. The van der Waals surface area contributed by atoms with Crippen molar-refractivity contribution in [3.8, 4) is 0 Å². The molecule has 1 aliphatic heterocycles. The van der Waals surface area contributed by atoms with Gasteiger partial charge in [-0.25, -0.2) is 9.78 Å². The van der Waals surface area contributed by atoms with Crippen LogP contribution in [0.25, 0.3) is 0 Å². The average molecular weight is 310 g/mol. The second-order valence-electron chi connectivity index (χ2n) is 5.78. The largest absolute Gasteiger partial charge is 0.477 e. The first kappa shape index (κ1) is 16.4. The van der Waals surface area contributed by atoms with Crippen LogP contribution in [0, 0.1) is 0 Å². The Hall–Kier alpha value is -0.940. The number of hydrogen-bond acceptors (Lipinski definition) is 4. The van der Waals surface area contributed by atoms with Crippen molar-refractivity contribution in [2.75, 3.05) is 13.1 Å². The first-order valence-corrected chi connectivity index (χ1v) is 8.93. The molecule has 2 rings (SSSR count). The van der Waals surface area contributed by atoms with Crippen molar-refractivity contribution in [2.45, 2.75) is 64.8 Å². The van der Waals surface area contributed by atoms with Crippen LogP contribution in [-0.4, -0.2) is 40.1 Å². The fraction of sp³-hybridized carbons (Fsp3) is 0.750. The number of hydrogen-bond donors (Lipinski definition) is 1. The number of thiazole rings is 1. The predicted octanol–water partition coefficient (Wildman–Crippen LogP) is 3.60. The highest BCUT2D eigenvalue weighted by atomic mass is 32.1. The Morgan fingerprint density at radius 2 is 2.19 bits per heavy atom. The lowest BCUT2D eigenvalue weighted by molar-refractivity contribution is 0.0700. The van der Waals surface area contributed by atoms with Gasteiger partial charge in [-0.3, -0.25) is 4.90 Å². The number of likely N-dealkylation sites (tertiary alicyclic amines) is 1. The Kier molecular flexibility index (Phi) is 6.18. The van der Waals surface area contributed by atoms with Gasteiger partial charge in [-0.15, -0.1) is 11.3 Å². The van der Waals surface area contributed by atoms with Crippen LogP contribution in [0.4, 0.5) is 0 Å². The summed E-state index contributed by atoms with van der Waals surface area (Å²) < 4.78 is 0. The minimum absolute atomic E-state index is 0.442. The molecule has 4 nitrogen and oxygen atoms in total. The molecule has 2 heterocycles. The lowest BCUT2D eigenvalue weighted by Crippen LogP contribution is -2.40. The van der Waals surface area contributed by atoms with E-state index in [-0.39, 0.29) is 0 Å². The minimum atomic E-state index is -0.827. The molecule has 0 bridgehead atoms. The van der Waals surface area contributed by atoms with Crippen LogP contribution in [-0.2, 0) is 12.8 Å². The summed E-state index contributed by atoms with van der Waals surface area (Å²) in [4.78, 5) is 18.8. The Bertz CT molecular complexity index is 473. The van der Waals surface area contributed by atoms with Gasteiger partial charge in [0, 0.05) is 19.0 Å². The summed E-state index contributed by atoms with van der Waals surface area (Å²) in [6.07, 6.45) is 7.72. The SMILES string of the molecule is CCCc1nc(CCN2CCCCC2CC)sc1C(=O)O. The number of aromatic carboxylic acids is 1. The number of aromatic nitrogens is 1. The van der Waals surface area contributed by atoms with E-state index in [1.165, 1.54) is 43.6 Å². The van der Waals surface area contributed by atoms with Crippen molar-refractivity contribution in [2.24, 2.45) is 0 Å². The summed E-state index contributed by atoms with van der Waals surface area (Å²) in [6, 6.07) is 0.702. The van der Waals surface area contributed by atoms with Crippen molar-refractivity contribution in [3.05, 3.63) is 15.6 Å². The Morgan fingerprint density at radius 3 is 2.86 bits per heavy atom. The molecule has 1 saturated heterocycles. The molecule has 0 spiro atoms. The topological polar surface area (TPSA) is 53.4 Å². The number of piperidine rings is 1. The van der Waals surface area contributed by atoms with Crippen molar-refractivity contribution in [1.82, 2.24) is 9.88 Å². The second-order valence-corrected chi connectivity index (χ2v) is 6.87. The maximum atomic E-state index is 11.3. The van der Waals surface area contributed by atoms with E-state index in [2.05, 4.69) is 23.7 Å². The molecule has 0 aliphatic carbocycles. The van der Waals surface area contributed by atoms with Gasteiger partial charge in [0.25, 0.3) is 0 Å². The Labute approximate surface area is 131 Å². The monoisotopic (exact) mass is 310 g/mol. The zero-order valence-corrected chi connectivity index (χ0v) is 13.9. The Morgan fingerprint density at radius 1 is 1.38 bits per heavy atom. The quantitative estimate of drug-likeness (QED) is 0.836. The molecule has 118 valence electrons. The average Bonchev–Trinajstić information content (AvgIpc) is 2.89. The summed E-state index contributed by atoms with van der Waals surface area (Å²) in [5.41, 5.74) is 0.774. The van der Waals surface area contributed by atoms with E-state index >= 15 is 0 Å².